The molecule has 1 aromatic rings. The number of nitrogens with one attached hydrogen (secondary N) is 1. The maximum atomic E-state index is 5.34. The Labute approximate surface area is 116 Å². The highest BCUT2D eigenvalue weighted by atomic mass is 79.9. The Bertz CT molecular complexity index is 447. The molecule has 1 aromatic heterocycles. The minimum atomic E-state index is 0.441. The summed E-state index contributed by atoms with van der Waals surface area (Å²) in [7, 11) is 0. The van der Waals surface area contributed by atoms with E-state index >= 15 is 0 Å². The number of rotatable bonds is 2. The van der Waals surface area contributed by atoms with Crippen LogP contribution in [0.2, 0.25) is 0 Å². The van der Waals surface area contributed by atoms with Gasteiger partial charge in [0.15, 0.2) is 0 Å². The van der Waals surface area contributed by atoms with Crippen molar-refractivity contribution < 1.29 is 0 Å². The maximum absolute atomic E-state index is 5.34. The lowest BCUT2D eigenvalue weighted by Crippen LogP contribution is -2.11. The van der Waals surface area contributed by atoms with Gasteiger partial charge < -0.3 is 4.98 Å². The molecule has 0 atom stereocenters. The molecule has 0 amide bonds. The highest BCUT2D eigenvalue weighted by Crippen LogP contribution is 2.32. The van der Waals surface area contributed by atoms with Gasteiger partial charge in [0.05, 0.1) is 4.47 Å². The van der Waals surface area contributed by atoms with Crippen molar-refractivity contribution in [3.63, 3.8) is 0 Å². The van der Waals surface area contributed by atoms with Gasteiger partial charge in [-0.2, -0.15) is 0 Å². The molecule has 0 unspecified atom stereocenters. The molecule has 1 aliphatic rings. The van der Waals surface area contributed by atoms with Crippen LogP contribution in [0.3, 0.4) is 0 Å². The summed E-state index contributed by atoms with van der Waals surface area (Å²) in [5.41, 5.74) is 1.19. The van der Waals surface area contributed by atoms with Gasteiger partial charge >= 0.3 is 0 Å². The highest BCUT2D eigenvalue weighted by Gasteiger charge is 2.19. The second-order valence-corrected chi connectivity index (χ2v) is 6.32. The van der Waals surface area contributed by atoms with Crippen LogP contribution in [0.15, 0.2) is 4.47 Å². The van der Waals surface area contributed by atoms with E-state index in [1.807, 2.05) is 0 Å². The molecule has 2 nitrogen and oxygen atoms in total. The van der Waals surface area contributed by atoms with Gasteiger partial charge in [0.1, 0.15) is 10.5 Å². The molecule has 2 rings (SSSR count). The van der Waals surface area contributed by atoms with E-state index in [1.54, 1.807) is 0 Å². The standard InChI is InChI=1S/C13H19BrN2S/c1-8(2)11-10(14)13(17)16-12(15-11)9-6-4-3-5-7-9/h8-9H,3-7H2,1-2H3,(H,15,16,17). The third-order valence-electron chi connectivity index (χ3n) is 3.48. The molecular weight excluding hydrogens is 296 g/mol. The van der Waals surface area contributed by atoms with Crippen molar-refractivity contribution in [2.45, 2.75) is 57.8 Å². The summed E-state index contributed by atoms with van der Waals surface area (Å²) in [5, 5.41) is 0. The Morgan fingerprint density at radius 2 is 1.94 bits per heavy atom. The number of aromatic amines is 1. The lowest BCUT2D eigenvalue weighted by Gasteiger charge is -2.22. The fourth-order valence-corrected chi connectivity index (χ4v) is 3.32. The average Bonchev–Trinajstić information content (AvgIpc) is 2.33. The largest absolute Gasteiger partial charge is 0.346 e. The molecule has 94 valence electrons. The van der Waals surface area contributed by atoms with Gasteiger partial charge in [-0.05, 0) is 34.7 Å². The van der Waals surface area contributed by atoms with Crippen LogP contribution in [-0.4, -0.2) is 9.97 Å². The number of H-pyrrole nitrogens is 1. The van der Waals surface area contributed by atoms with Crippen molar-refractivity contribution in [1.29, 1.82) is 0 Å². The van der Waals surface area contributed by atoms with Crippen LogP contribution in [0, 0.1) is 4.64 Å². The Morgan fingerprint density at radius 3 is 2.53 bits per heavy atom. The Balaban J connectivity index is 2.37. The fourth-order valence-electron chi connectivity index (χ4n) is 2.46. The molecular formula is C13H19BrN2S. The molecule has 0 bridgehead atoms. The average molecular weight is 315 g/mol. The van der Waals surface area contributed by atoms with E-state index in [0.717, 1.165) is 10.3 Å². The van der Waals surface area contributed by atoms with Crippen LogP contribution < -0.4 is 0 Å². The molecule has 0 radical (unpaired) electrons. The lowest BCUT2D eigenvalue weighted by atomic mass is 9.88. The zero-order chi connectivity index (χ0) is 12.4. The van der Waals surface area contributed by atoms with Crippen LogP contribution in [0.1, 0.15) is 69.3 Å². The van der Waals surface area contributed by atoms with Crippen LogP contribution in [0.4, 0.5) is 0 Å². The normalized spacial score (nSPS) is 17.6. The Kier molecular flexibility index (Phi) is 4.36. The molecule has 17 heavy (non-hydrogen) atoms. The molecule has 0 aromatic carbocycles. The minimum absolute atomic E-state index is 0.441. The van der Waals surface area contributed by atoms with Gasteiger partial charge in [0, 0.05) is 11.6 Å². The summed E-state index contributed by atoms with van der Waals surface area (Å²) in [4.78, 5) is 8.05. The van der Waals surface area contributed by atoms with E-state index in [1.165, 1.54) is 37.8 Å². The molecule has 1 saturated carbocycles. The number of nitrogens with zero attached hydrogens (tertiary/aromatic N) is 1. The predicted molar refractivity (Wildman–Crippen MR) is 77.0 cm³/mol. The third-order valence-corrected chi connectivity index (χ3v) is 4.84. The first kappa shape index (κ1) is 13.2. The van der Waals surface area contributed by atoms with Gasteiger partial charge in [-0.15, -0.1) is 0 Å². The topological polar surface area (TPSA) is 28.7 Å². The number of aromatic nitrogens is 2. The molecule has 1 N–H and O–H groups in total. The molecule has 1 heterocycles. The SMILES string of the molecule is CC(C)c1[nH]c(C2CCCCC2)nc(=S)c1Br. The summed E-state index contributed by atoms with van der Waals surface area (Å²) < 4.78 is 1.66. The van der Waals surface area contributed by atoms with Crippen molar-refractivity contribution in [3.8, 4) is 0 Å². The van der Waals surface area contributed by atoms with E-state index in [0.29, 0.717) is 16.5 Å². The monoisotopic (exact) mass is 314 g/mol. The van der Waals surface area contributed by atoms with E-state index in [-0.39, 0.29) is 0 Å². The molecule has 4 heteroatoms. The molecule has 0 aliphatic heterocycles. The minimum Gasteiger partial charge on any atom is -0.346 e. The number of hydrogen-bond acceptors (Lipinski definition) is 2. The van der Waals surface area contributed by atoms with Gasteiger partial charge in [-0.25, -0.2) is 4.98 Å². The Hall–Kier alpha value is -0.220. The first-order valence-corrected chi connectivity index (χ1v) is 7.59. The van der Waals surface area contributed by atoms with E-state index in [9.17, 15) is 0 Å². The van der Waals surface area contributed by atoms with Crippen LogP contribution in [0.25, 0.3) is 0 Å². The summed E-state index contributed by atoms with van der Waals surface area (Å²) in [6.07, 6.45) is 6.50. The van der Waals surface area contributed by atoms with Crippen LogP contribution >= 0.6 is 28.1 Å². The van der Waals surface area contributed by atoms with Crippen molar-refractivity contribution in [1.82, 2.24) is 9.97 Å². The first-order chi connectivity index (χ1) is 8.09. The lowest BCUT2D eigenvalue weighted by molar-refractivity contribution is 0.426. The molecule has 1 aliphatic carbocycles. The second kappa shape index (κ2) is 5.61. The first-order valence-electron chi connectivity index (χ1n) is 6.39. The smallest absolute Gasteiger partial charge is 0.144 e. The zero-order valence-corrected chi connectivity index (χ0v) is 12.8. The second-order valence-electron chi connectivity index (χ2n) is 5.14. The fraction of sp³-hybridized carbons (Fsp3) is 0.692. The van der Waals surface area contributed by atoms with E-state index in [4.69, 9.17) is 12.2 Å². The van der Waals surface area contributed by atoms with Crippen LogP contribution in [-0.2, 0) is 0 Å². The predicted octanol–water partition coefficient (Wildman–Crippen LogP) is 5.07. The van der Waals surface area contributed by atoms with E-state index in [2.05, 4.69) is 39.7 Å². The molecule has 1 fully saturated rings. The van der Waals surface area contributed by atoms with Crippen molar-refractivity contribution in [2.24, 2.45) is 0 Å². The zero-order valence-electron chi connectivity index (χ0n) is 10.4. The van der Waals surface area contributed by atoms with Crippen molar-refractivity contribution in [3.05, 3.63) is 20.6 Å². The maximum Gasteiger partial charge on any atom is 0.144 e. The van der Waals surface area contributed by atoms with Gasteiger partial charge in [0.2, 0.25) is 0 Å². The number of halogens is 1. The molecule has 0 saturated heterocycles. The summed E-state index contributed by atoms with van der Waals surface area (Å²) in [5.74, 6) is 2.12. The van der Waals surface area contributed by atoms with Gasteiger partial charge in [-0.3, -0.25) is 0 Å². The summed E-state index contributed by atoms with van der Waals surface area (Å²) in [6.45, 7) is 4.35. The number of hydrogen-bond donors (Lipinski definition) is 1. The van der Waals surface area contributed by atoms with E-state index < -0.39 is 0 Å². The summed E-state index contributed by atoms with van der Waals surface area (Å²) in [6, 6.07) is 0. The third kappa shape index (κ3) is 2.97. The Morgan fingerprint density at radius 1 is 1.29 bits per heavy atom. The quantitative estimate of drug-likeness (QED) is 0.772. The highest BCUT2D eigenvalue weighted by molar-refractivity contribution is 9.10. The van der Waals surface area contributed by atoms with Crippen LogP contribution in [0.5, 0.6) is 0 Å². The van der Waals surface area contributed by atoms with Crippen molar-refractivity contribution >= 4 is 28.1 Å². The van der Waals surface area contributed by atoms with Gasteiger partial charge in [0.25, 0.3) is 0 Å². The van der Waals surface area contributed by atoms with Crippen molar-refractivity contribution in [2.75, 3.05) is 0 Å². The summed E-state index contributed by atoms with van der Waals surface area (Å²) >= 11 is 8.88. The van der Waals surface area contributed by atoms with Gasteiger partial charge in [-0.1, -0.05) is 45.3 Å². The molecule has 0 spiro atoms.